The van der Waals surface area contributed by atoms with Crippen molar-refractivity contribution >= 4 is 5.91 Å². The lowest BCUT2D eigenvalue weighted by molar-refractivity contribution is -0.174. The Balaban J connectivity index is 1.99. The Morgan fingerprint density at radius 3 is 2.43 bits per heavy atom. The third-order valence-electron chi connectivity index (χ3n) is 3.90. The van der Waals surface area contributed by atoms with Crippen molar-refractivity contribution < 1.29 is 18.0 Å². The maximum Gasteiger partial charge on any atom is 0.408 e. The van der Waals surface area contributed by atoms with Crippen molar-refractivity contribution in [3.8, 4) is 0 Å². The number of aromatic nitrogens is 1. The monoisotopic (exact) mass is 300 g/mol. The molecule has 1 amide bonds. The van der Waals surface area contributed by atoms with Crippen molar-refractivity contribution in [2.75, 3.05) is 0 Å². The van der Waals surface area contributed by atoms with Crippen molar-refractivity contribution in [2.24, 2.45) is 5.92 Å². The summed E-state index contributed by atoms with van der Waals surface area (Å²) in [4.78, 5) is 15.7. The van der Waals surface area contributed by atoms with Crippen LogP contribution in [0.1, 0.15) is 37.7 Å². The number of rotatable bonds is 4. The highest BCUT2D eigenvalue weighted by molar-refractivity contribution is 5.78. The fourth-order valence-electron chi connectivity index (χ4n) is 2.84. The average Bonchev–Trinajstić information content (AvgIpc) is 2.45. The van der Waals surface area contributed by atoms with Gasteiger partial charge in [-0.15, -0.1) is 0 Å². The minimum atomic E-state index is -4.39. The first kappa shape index (κ1) is 15.8. The first-order valence-corrected chi connectivity index (χ1v) is 7.22. The van der Waals surface area contributed by atoms with Crippen molar-refractivity contribution in [1.29, 1.82) is 0 Å². The fraction of sp³-hybridized carbons (Fsp3) is 0.600. The summed E-state index contributed by atoms with van der Waals surface area (Å²) in [6, 6.07) is 1.53. The molecule has 1 aliphatic rings. The van der Waals surface area contributed by atoms with E-state index in [1.165, 1.54) is 12.4 Å². The Morgan fingerprint density at radius 1 is 1.24 bits per heavy atom. The molecule has 0 aliphatic heterocycles. The fourth-order valence-corrected chi connectivity index (χ4v) is 2.84. The van der Waals surface area contributed by atoms with Gasteiger partial charge in [-0.2, -0.15) is 13.2 Å². The second kappa shape index (κ2) is 6.91. The predicted octanol–water partition coefficient (Wildman–Crippen LogP) is 3.25. The van der Waals surface area contributed by atoms with E-state index < -0.39 is 24.0 Å². The molecule has 1 aromatic heterocycles. The van der Waals surface area contributed by atoms with Crippen LogP contribution in [0.15, 0.2) is 24.5 Å². The van der Waals surface area contributed by atoms with E-state index in [0.29, 0.717) is 18.4 Å². The van der Waals surface area contributed by atoms with Gasteiger partial charge in [-0.25, -0.2) is 0 Å². The van der Waals surface area contributed by atoms with Crippen LogP contribution in [0.3, 0.4) is 0 Å². The van der Waals surface area contributed by atoms with Gasteiger partial charge in [0.05, 0.1) is 6.42 Å². The summed E-state index contributed by atoms with van der Waals surface area (Å²) in [5.74, 6) is -1.09. The zero-order chi connectivity index (χ0) is 15.3. The maximum atomic E-state index is 13.2. The molecule has 0 aromatic carbocycles. The summed E-state index contributed by atoms with van der Waals surface area (Å²) in [5, 5.41) is 2.19. The SMILES string of the molecule is O=C(Cc1ccncc1)N[C@H](C1CCCCC1)C(F)(F)F. The average molecular weight is 300 g/mol. The molecule has 1 saturated carbocycles. The molecule has 3 nitrogen and oxygen atoms in total. The number of carbonyl (C=O) groups is 1. The lowest BCUT2D eigenvalue weighted by Gasteiger charge is -2.32. The summed E-state index contributed by atoms with van der Waals surface area (Å²) < 4.78 is 39.5. The number of pyridine rings is 1. The Labute approximate surface area is 122 Å². The van der Waals surface area contributed by atoms with Gasteiger partial charge >= 0.3 is 6.18 Å². The van der Waals surface area contributed by atoms with Crippen LogP contribution in [-0.4, -0.2) is 23.1 Å². The number of hydrogen-bond donors (Lipinski definition) is 1. The molecule has 116 valence electrons. The molecule has 0 radical (unpaired) electrons. The largest absolute Gasteiger partial charge is 0.408 e. The van der Waals surface area contributed by atoms with Gasteiger partial charge in [0, 0.05) is 12.4 Å². The van der Waals surface area contributed by atoms with Gasteiger partial charge in [0.15, 0.2) is 0 Å². The van der Waals surface area contributed by atoms with E-state index in [1.54, 1.807) is 12.1 Å². The van der Waals surface area contributed by atoms with E-state index >= 15 is 0 Å². The smallest absolute Gasteiger partial charge is 0.344 e. The highest BCUT2D eigenvalue weighted by atomic mass is 19.4. The van der Waals surface area contributed by atoms with Gasteiger partial charge in [-0.3, -0.25) is 9.78 Å². The standard InChI is InChI=1S/C15H19F3N2O/c16-15(17,18)14(12-4-2-1-3-5-12)20-13(21)10-11-6-8-19-9-7-11/h6-9,12,14H,1-5,10H2,(H,20,21)/t14-/m1/s1. The van der Waals surface area contributed by atoms with E-state index in [1.807, 2.05) is 0 Å². The van der Waals surface area contributed by atoms with Gasteiger partial charge in [-0.1, -0.05) is 19.3 Å². The molecule has 0 saturated heterocycles. The molecule has 0 spiro atoms. The molecule has 1 atom stereocenters. The molecule has 6 heteroatoms. The van der Waals surface area contributed by atoms with Crippen LogP contribution >= 0.6 is 0 Å². The minimum absolute atomic E-state index is 0.0538. The quantitative estimate of drug-likeness (QED) is 0.927. The van der Waals surface area contributed by atoms with Crippen LogP contribution < -0.4 is 5.32 Å². The van der Waals surface area contributed by atoms with Gasteiger partial charge in [-0.05, 0) is 36.5 Å². The first-order valence-electron chi connectivity index (χ1n) is 7.22. The van der Waals surface area contributed by atoms with Gasteiger partial charge < -0.3 is 5.32 Å². The second-order valence-electron chi connectivity index (χ2n) is 5.52. The molecule has 2 rings (SSSR count). The highest BCUT2D eigenvalue weighted by Gasteiger charge is 2.45. The maximum absolute atomic E-state index is 13.2. The molecule has 1 N–H and O–H groups in total. The van der Waals surface area contributed by atoms with Gasteiger partial charge in [0.1, 0.15) is 6.04 Å². The number of alkyl halides is 3. The summed E-state index contributed by atoms with van der Waals surface area (Å²) in [6.45, 7) is 0. The third-order valence-corrected chi connectivity index (χ3v) is 3.90. The van der Waals surface area contributed by atoms with Crippen molar-refractivity contribution in [3.05, 3.63) is 30.1 Å². The predicted molar refractivity (Wildman–Crippen MR) is 72.5 cm³/mol. The summed E-state index contributed by atoms with van der Waals surface area (Å²) in [5.41, 5.74) is 0.659. The van der Waals surface area contributed by atoms with Crippen molar-refractivity contribution in [3.63, 3.8) is 0 Å². The zero-order valence-electron chi connectivity index (χ0n) is 11.7. The Morgan fingerprint density at radius 2 is 1.86 bits per heavy atom. The Kier molecular flexibility index (Phi) is 5.20. The van der Waals surface area contributed by atoms with Crippen LogP contribution in [0.4, 0.5) is 13.2 Å². The van der Waals surface area contributed by atoms with E-state index in [2.05, 4.69) is 10.3 Å². The van der Waals surface area contributed by atoms with E-state index in [-0.39, 0.29) is 6.42 Å². The van der Waals surface area contributed by atoms with Crippen LogP contribution in [0.25, 0.3) is 0 Å². The van der Waals surface area contributed by atoms with Gasteiger partial charge in [0.25, 0.3) is 0 Å². The highest BCUT2D eigenvalue weighted by Crippen LogP contribution is 2.34. The third kappa shape index (κ3) is 4.72. The molecule has 1 fully saturated rings. The molecule has 0 unspecified atom stereocenters. The molecular formula is C15H19F3N2O. The van der Waals surface area contributed by atoms with E-state index in [9.17, 15) is 18.0 Å². The summed E-state index contributed by atoms with van der Waals surface area (Å²) >= 11 is 0. The topological polar surface area (TPSA) is 42.0 Å². The first-order chi connectivity index (χ1) is 9.97. The molecular weight excluding hydrogens is 281 g/mol. The molecule has 1 heterocycles. The number of halogens is 3. The normalized spacial score (nSPS) is 18.2. The number of carbonyl (C=O) groups excluding carboxylic acids is 1. The van der Waals surface area contributed by atoms with Crippen LogP contribution in [0.5, 0.6) is 0 Å². The number of hydrogen-bond acceptors (Lipinski definition) is 2. The molecule has 1 aliphatic carbocycles. The Hall–Kier alpha value is -1.59. The lowest BCUT2D eigenvalue weighted by atomic mass is 9.83. The second-order valence-corrected chi connectivity index (χ2v) is 5.52. The number of nitrogens with zero attached hydrogens (tertiary/aromatic N) is 1. The minimum Gasteiger partial charge on any atom is -0.344 e. The van der Waals surface area contributed by atoms with E-state index in [4.69, 9.17) is 0 Å². The zero-order valence-corrected chi connectivity index (χ0v) is 11.7. The molecule has 21 heavy (non-hydrogen) atoms. The number of amides is 1. The van der Waals surface area contributed by atoms with Crippen LogP contribution in [0.2, 0.25) is 0 Å². The van der Waals surface area contributed by atoms with Crippen molar-refractivity contribution in [1.82, 2.24) is 10.3 Å². The van der Waals surface area contributed by atoms with Crippen molar-refractivity contribution in [2.45, 2.75) is 50.7 Å². The van der Waals surface area contributed by atoms with Crippen LogP contribution in [0, 0.1) is 5.92 Å². The van der Waals surface area contributed by atoms with Crippen LogP contribution in [-0.2, 0) is 11.2 Å². The summed E-state index contributed by atoms with van der Waals surface area (Å²) in [7, 11) is 0. The number of nitrogens with one attached hydrogen (secondary N) is 1. The molecule has 1 aromatic rings. The lowest BCUT2D eigenvalue weighted by Crippen LogP contribution is -2.51. The molecule has 0 bridgehead atoms. The Bertz CT molecular complexity index is 456. The van der Waals surface area contributed by atoms with E-state index in [0.717, 1.165) is 19.3 Å². The van der Waals surface area contributed by atoms with Gasteiger partial charge in [0.2, 0.25) is 5.91 Å². The summed E-state index contributed by atoms with van der Waals surface area (Å²) in [6.07, 6.45) is 2.23.